The van der Waals surface area contributed by atoms with E-state index in [0.717, 1.165) is 10.0 Å². The molecular formula is C16H16BrClFN. The third kappa shape index (κ3) is 3.60. The maximum atomic E-state index is 13.5. The first-order valence-electron chi connectivity index (χ1n) is 6.38. The highest BCUT2D eigenvalue weighted by atomic mass is 79.9. The van der Waals surface area contributed by atoms with Crippen LogP contribution in [-0.2, 0) is 6.42 Å². The fourth-order valence-electron chi connectivity index (χ4n) is 2.30. The van der Waals surface area contributed by atoms with E-state index in [0.29, 0.717) is 6.42 Å². The minimum absolute atomic E-state index is 0.142. The van der Waals surface area contributed by atoms with Crippen molar-refractivity contribution in [2.75, 3.05) is 7.05 Å². The van der Waals surface area contributed by atoms with E-state index in [2.05, 4.69) is 40.3 Å². The molecule has 2 aromatic carbocycles. The van der Waals surface area contributed by atoms with Gasteiger partial charge in [-0.15, -0.1) is 0 Å². The summed E-state index contributed by atoms with van der Waals surface area (Å²) >= 11 is 9.18. The Labute approximate surface area is 132 Å². The Kier molecular flexibility index (Phi) is 5.19. The molecule has 106 valence electrons. The summed E-state index contributed by atoms with van der Waals surface area (Å²) in [5, 5.41) is 3.45. The van der Waals surface area contributed by atoms with Crippen molar-refractivity contribution < 1.29 is 4.39 Å². The predicted octanol–water partition coefficient (Wildman–Crippen LogP) is 5.05. The monoisotopic (exact) mass is 355 g/mol. The molecule has 2 aromatic rings. The lowest BCUT2D eigenvalue weighted by Crippen LogP contribution is -2.19. The molecule has 0 aromatic heterocycles. The quantitative estimate of drug-likeness (QED) is 0.808. The SMILES string of the molecule is CNC(Cc1ccc(Cl)c(F)c1)c1ccc(Br)cc1C. The summed E-state index contributed by atoms with van der Waals surface area (Å²) in [4.78, 5) is 0. The fraction of sp³-hybridized carbons (Fsp3) is 0.250. The van der Waals surface area contributed by atoms with Gasteiger partial charge in [0.25, 0.3) is 0 Å². The van der Waals surface area contributed by atoms with Crippen LogP contribution in [0.2, 0.25) is 5.02 Å². The minimum Gasteiger partial charge on any atom is -0.313 e. The third-order valence-corrected chi connectivity index (χ3v) is 4.18. The topological polar surface area (TPSA) is 12.0 Å². The number of benzene rings is 2. The first kappa shape index (κ1) is 15.5. The molecule has 0 spiro atoms. The maximum absolute atomic E-state index is 13.5. The van der Waals surface area contributed by atoms with Gasteiger partial charge in [-0.25, -0.2) is 4.39 Å². The number of rotatable bonds is 4. The number of hydrogen-bond donors (Lipinski definition) is 1. The van der Waals surface area contributed by atoms with Gasteiger partial charge in [-0.3, -0.25) is 0 Å². The van der Waals surface area contributed by atoms with Crippen LogP contribution in [0.25, 0.3) is 0 Å². The largest absolute Gasteiger partial charge is 0.313 e. The standard InChI is InChI=1S/C16H16BrClFN/c1-10-7-12(17)4-5-13(10)16(20-2)9-11-3-6-14(18)15(19)8-11/h3-8,16,20H,9H2,1-2H3. The first-order chi connectivity index (χ1) is 9.51. The summed E-state index contributed by atoms with van der Waals surface area (Å²) < 4.78 is 14.6. The summed E-state index contributed by atoms with van der Waals surface area (Å²) in [6.07, 6.45) is 0.715. The van der Waals surface area contributed by atoms with Crippen molar-refractivity contribution in [3.63, 3.8) is 0 Å². The van der Waals surface area contributed by atoms with Crippen molar-refractivity contribution in [1.82, 2.24) is 5.32 Å². The highest BCUT2D eigenvalue weighted by Gasteiger charge is 2.13. The molecule has 1 nitrogen and oxygen atoms in total. The second-order valence-electron chi connectivity index (χ2n) is 4.79. The predicted molar refractivity (Wildman–Crippen MR) is 85.8 cm³/mol. The van der Waals surface area contributed by atoms with Crippen LogP contribution in [0, 0.1) is 12.7 Å². The number of nitrogens with one attached hydrogen (secondary N) is 1. The number of hydrogen-bond acceptors (Lipinski definition) is 1. The van der Waals surface area contributed by atoms with Gasteiger partial charge < -0.3 is 5.32 Å². The molecule has 0 saturated heterocycles. The van der Waals surface area contributed by atoms with Gasteiger partial charge >= 0.3 is 0 Å². The lowest BCUT2D eigenvalue weighted by molar-refractivity contribution is 0.581. The molecule has 0 heterocycles. The Morgan fingerprint density at radius 1 is 1.25 bits per heavy atom. The Hall–Kier alpha value is -0.900. The summed E-state index contributed by atoms with van der Waals surface area (Å²) in [6, 6.07) is 11.3. The van der Waals surface area contributed by atoms with E-state index in [1.807, 2.05) is 19.2 Å². The van der Waals surface area contributed by atoms with Crippen LogP contribution < -0.4 is 5.32 Å². The van der Waals surface area contributed by atoms with Crippen molar-refractivity contribution in [1.29, 1.82) is 0 Å². The zero-order chi connectivity index (χ0) is 14.7. The molecule has 1 unspecified atom stereocenters. The average molecular weight is 357 g/mol. The summed E-state index contributed by atoms with van der Waals surface area (Å²) in [5.74, 6) is -0.369. The lowest BCUT2D eigenvalue weighted by Gasteiger charge is -2.19. The molecular weight excluding hydrogens is 341 g/mol. The molecule has 0 bridgehead atoms. The Morgan fingerprint density at radius 3 is 2.60 bits per heavy atom. The van der Waals surface area contributed by atoms with Crippen LogP contribution in [0.5, 0.6) is 0 Å². The molecule has 2 rings (SSSR count). The Bertz CT molecular complexity index is 615. The molecule has 0 aliphatic heterocycles. The molecule has 1 N–H and O–H groups in total. The Balaban J connectivity index is 2.26. The van der Waals surface area contributed by atoms with E-state index in [4.69, 9.17) is 11.6 Å². The minimum atomic E-state index is -0.369. The number of likely N-dealkylation sites (N-methyl/N-ethyl adjacent to an activating group) is 1. The second kappa shape index (κ2) is 6.70. The van der Waals surface area contributed by atoms with Crippen LogP contribution in [-0.4, -0.2) is 7.05 Å². The molecule has 0 radical (unpaired) electrons. The summed E-state index contributed by atoms with van der Waals surface area (Å²) in [6.45, 7) is 2.08. The van der Waals surface area contributed by atoms with Crippen molar-refractivity contribution in [3.05, 3.63) is 68.4 Å². The fourth-order valence-corrected chi connectivity index (χ4v) is 2.89. The normalized spacial score (nSPS) is 12.4. The molecule has 0 aliphatic rings. The lowest BCUT2D eigenvalue weighted by atomic mass is 9.95. The molecule has 20 heavy (non-hydrogen) atoms. The van der Waals surface area contributed by atoms with Crippen LogP contribution in [0.3, 0.4) is 0 Å². The second-order valence-corrected chi connectivity index (χ2v) is 6.12. The van der Waals surface area contributed by atoms with E-state index < -0.39 is 0 Å². The Morgan fingerprint density at radius 2 is 2.00 bits per heavy atom. The molecule has 0 fully saturated rings. The van der Waals surface area contributed by atoms with E-state index in [1.165, 1.54) is 17.2 Å². The zero-order valence-corrected chi connectivity index (χ0v) is 13.7. The van der Waals surface area contributed by atoms with E-state index in [-0.39, 0.29) is 16.9 Å². The van der Waals surface area contributed by atoms with Gasteiger partial charge in [0.15, 0.2) is 0 Å². The molecule has 4 heteroatoms. The molecule has 1 atom stereocenters. The van der Waals surface area contributed by atoms with Gasteiger partial charge in [0.05, 0.1) is 5.02 Å². The van der Waals surface area contributed by atoms with Gasteiger partial charge in [-0.05, 0) is 61.3 Å². The third-order valence-electron chi connectivity index (χ3n) is 3.38. The van der Waals surface area contributed by atoms with Crippen LogP contribution in [0.4, 0.5) is 4.39 Å². The van der Waals surface area contributed by atoms with Gasteiger partial charge in [-0.1, -0.05) is 39.7 Å². The average Bonchev–Trinajstić information content (AvgIpc) is 2.41. The molecule has 0 aliphatic carbocycles. The van der Waals surface area contributed by atoms with Crippen molar-refractivity contribution in [3.8, 4) is 0 Å². The van der Waals surface area contributed by atoms with Crippen molar-refractivity contribution in [2.24, 2.45) is 0 Å². The highest BCUT2D eigenvalue weighted by molar-refractivity contribution is 9.10. The molecule has 0 saturated carbocycles. The summed E-state index contributed by atoms with van der Waals surface area (Å²) in [7, 11) is 1.92. The van der Waals surface area contributed by atoms with Gasteiger partial charge in [0.1, 0.15) is 5.82 Å². The van der Waals surface area contributed by atoms with Crippen molar-refractivity contribution in [2.45, 2.75) is 19.4 Å². The van der Waals surface area contributed by atoms with Crippen LogP contribution in [0.1, 0.15) is 22.7 Å². The van der Waals surface area contributed by atoms with Gasteiger partial charge in [0, 0.05) is 10.5 Å². The molecule has 0 amide bonds. The van der Waals surface area contributed by atoms with Gasteiger partial charge in [-0.2, -0.15) is 0 Å². The van der Waals surface area contributed by atoms with E-state index in [1.54, 1.807) is 6.07 Å². The van der Waals surface area contributed by atoms with Crippen molar-refractivity contribution >= 4 is 27.5 Å². The van der Waals surface area contributed by atoms with E-state index in [9.17, 15) is 4.39 Å². The number of aryl methyl sites for hydroxylation is 1. The summed E-state index contributed by atoms with van der Waals surface area (Å²) in [5.41, 5.74) is 3.34. The van der Waals surface area contributed by atoms with Gasteiger partial charge in [0.2, 0.25) is 0 Å². The number of halogens is 3. The van der Waals surface area contributed by atoms with Crippen LogP contribution in [0.15, 0.2) is 40.9 Å². The highest BCUT2D eigenvalue weighted by Crippen LogP contribution is 2.25. The zero-order valence-electron chi connectivity index (χ0n) is 11.4. The first-order valence-corrected chi connectivity index (χ1v) is 7.55. The maximum Gasteiger partial charge on any atom is 0.142 e. The smallest absolute Gasteiger partial charge is 0.142 e. The van der Waals surface area contributed by atoms with E-state index >= 15 is 0 Å². The van der Waals surface area contributed by atoms with Crippen LogP contribution >= 0.6 is 27.5 Å².